The molecule has 0 amide bonds. The summed E-state index contributed by atoms with van der Waals surface area (Å²) in [6, 6.07) is 6.85. The third-order valence-corrected chi connectivity index (χ3v) is 3.10. The SMILES string of the molecule is CC(C(=O)O)n1cc(Oc2ccc(I)cc2)cn1. The summed E-state index contributed by atoms with van der Waals surface area (Å²) in [6.07, 6.45) is 3.06. The van der Waals surface area contributed by atoms with E-state index in [1.807, 2.05) is 24.3 Å². The molecule has 0 aliphatic rings. The second-order valence-corrected chi connectivity index (χ2v) is 4.97. The molecule has 5 nitrogen and oxygen atoms in total. The lowest BCUT2D eigenvalue weighted by atomic mass is 10.3. The predicted octanol–water partition coefficient (Wildman–Crippen LogP) is 2.93. The van der Waals surface area contributed by atoms with Crippen LogP contribution in [0.3, 0.4) is 0 Å². The molecule has 1 heterocycles. The van der Waals surface area contributed by atoms with Crippen molar-refractivity contribution in [3.8, 4) is 11.5 Å². The molecule has 2 rings (SSSR count). The van der Waals surface area contributed by atoms with Crippen molar-refractivity contribution in [2.75, 3.05) is 0 Å². The predicted molar refractivity (Wildman–Crippen MR) is 73.8 cm³/mol. The van der Waals surface area contributed by atoms with Crippen LogP contribution in [0.1, 0.15) is 13.0 Å². The number of carbonyl (C=O) groups is 1. The Bertz CT molecular complexity index is 551. The fourth-order valence-electron chi connectivity index (χ4n) is 1.34. The first-order valence-corrected chi connectivity index (χ1v) is 6.34. The molecular weight excluding hydrogens is 347 g/mol. The van der Waals surface area contributed by atoms with Crippen LogP contribution in [0.25, 0.3) is 0 Å². The summed E-state index contributed by atoms with van der Waals surface area (Å²) in [6.45, 7) is 1.56. The molecule has 2 aromatic rings. The van der Waals surface area contributed by atoms with Gasteiger partial charge in [-0.1, -0.05) is 0 Å². The van der Waals surface area contributed by atoms with Crippen LogP contribution in [0.5, 0.6) is 11.5 Å². The Morgan fingerprint density at radius 3 is 2.67 bits per heavy atom. The minimum atomic E-state index is -0.932. The minimum absolute atomic E-state index is 0.518. The van der Waals surface area contributed by atoms with Gasteiger partial charge in [-0.25, -0.2) is 4.79 Å². The highest BCUT2D eigenvalue weighted by molar-refractivity contribution is 14.1. The van der Waals surface area contributed by atoms with Crippen molar-refractivity contribution in [3.63, 3.8) is 0 Å². The van der Waals surface area contributed by atoms with E-state index in [9.17, 15) is 4.79 Å². The third-order valence-electron chi connectivity index (χ3n) is 2.38. The second kappa shape index (κ2) is 5.38. The number of rotatable bonds is 4. The van der Waals surface area contributed by atoms with E-state index in [1.165, 1.54) is 10.9 Å². The van der Waals surface area contributed by atoms with Gasteiger partial charge in [0.15, 0.2) is 5.75 Å². The Morgan fingerprint density at radius 1 is 1.39 bits per heavy atom. The summed E-state index contributed by atoms with van der Waals surface area (Å²) >= 11 is 2.21. The first kappa shape index (κ1) is 12.9. The first-order chi connectivity index (χ1) is 8.56. The number of aliphatic carboxylic acids is 1. The molecule has 1 aromatic heterocycles. The quantitative estimate of drug-likeness (QED) is 0.854. The molecule has 0 fully saturated rings. The van der Waals surface area contributed by atoms with E-state index in [0.717, 1.165) is 3.57 Å². The molecule has 18 heavy (non-hydrogen) atoms. The van der Waals surface area contributed by atoms with E-state index >= 15 is 0 Å². The topological polar surface area (TPSA) is 64.3 Å². The smallest absolute Gasteiger partial charge is 0.328 e. The lowest BCUT2D eigenvalue weighted by Gasteiger charge is -2.05. The van der Waals surface area contributed by atoms with Gasteiger partial charge >= 0.3 is 5.97 Å². The van der Waals surface area contributed by atoms with Crippen molar-refractivity contribution >= 4 is 28.6 Å². The molecule has 1 atom stereocenters. The first-order valence-electron chi connectivity index (χ1n) is 5.26. The molecule has 0 bridgehead atoms. The minimum Gasteiger partial charge on any atom is -0.480 e. The number of aromatic nitrogens is 2. The maximum atomic E-state index is 10.8. The van der Waals surface area contributed by atoms with Gasteiger partial charge in [-0.15, -0.1) is 0 Å². The van der Waals surface area contributed by atoms with E-state index < -0.39 is 12.0 Å². The van der Waals surface area contributed by atoms with Gasteiger partial charge in [0.05, 0.1) is 12.4 Å². The molecule has 0 saturated heterocycles. The summed E-state index contributed by atoms with van der Waals surface area (Å²) in [5, 5.41) is 12.8. The van der Waals surface area contributed by atoms with Crippen LogP contribution in [0.2, 0.25) is 0 Å². The van der Waals surface area contributed by atoms with Crippen LogP contribution in [-0.2, 0) is 4.79 Å². The summed E-state index contributed by atoms with van der Waals surface area (Å²) in [5.74, 6) is 0.279. The lowest BCUT2D eigenvalue weighted by molar-refractivity contribution is -0.140. The summed E-state index contributed by atoms with van der Waals surface area (Å²) < 4.78 is 8.04. The zero-order valence-electron chi connectivity index (χ0n) is 9.58. The van der Waals surface area contributed by atoms with E-state index in [0.29, 0.717) is 11.5 Å². The van der Waals surface area contributed by atoms with Crippen LogP contribution in [-0.4, -0.2) is 20.9 Å². The molecular formula is C12H11IN2O3. The molecule has 0 aliphatic carbocycles. The third kappa shape index (κ3) is 3.00. The number of nitrogens with zero attached hydrogens (tertiary/aromatic N) is 2. The van der Waals surface area contributed by atoms with Gasteiger partial charge in [0.1, 0.15) is 11.8 Å². The van der Waals surface area contributed by atoms with Gasteiger partial charge < -0.3 is 9.84 Å². The van der Waals surface area contributed by atoms with Crippen LogP contribution >= 0.6 is 22.6 Å². The summed E-state index contributed by atoms with van der Waals surface area (Å²) in [4.78, 5) is 10.8. The van der Waals surface area contributed by atoms with E-state index in [-0.39, 0.29) is 0 Å². The molecule has 0 saturated carbocycles. The molecule has 1 aromatic carbocycles. The van der Waals surface area contributed by atoms with Gasteiger partial charge in [0.2, 0.25) is 0 Å². The maximum absolute atomic E-state index is 10.8. The molecule has 1 unspecified atom stereocenters. The monoisotopic (exact) mass is 358 g/mol. The van der Waals surface area contributed by atoms with Crippen LogP contribution < -0.4 is 4.74 Å². The highest BCUT2D eigenvalue weighted by Gasteiger charge is 2.14. The van der Waals surface area contributed by atoms with Crippen LogP contribution in [0, 0.1) is 3.57 Å². The van der Waals surface area contributed by atoms with Gasteiger partial charge in [0, 0.05) is 3.57 Å². The second-order valence-electron chi connectivity index (χ2n) is 3.73. The largest absolute Gasteiger partial charge is 0.480 e. The summed E-state index contributed by atoms with van der Waals surface area (Å²) in [7, 11) is 0. The van der Waals surface area contributed by atoms with Crippen molar-refractivity contribution in [1.82, 2.24) is 9.78 Å². The van der Waals surface area contributed by atoms with E-state index in [2.05, 4.69) is 27.7 Å². The van der Waals surface area contributed by atoms with Crippen molar-refractivity contribution in [2.24, 2.45) is 0 Å². The normalized spacial score (nSPS) is 12.1. The number of ether oxygens (including phenoxy) is 1. The van der Waals surface area contributed by atoms with Crippen molar-refractivity contribution in [2.45, 2.75) is 13.0 Å². The fraction of sp³-hybridized carbons (Fsp3) is 0.167. The number of carboxylic acid groups (broad SMARTS) is 1. The average Bonchev–Trinajstić information content (AvgIpc) is 2.79. The van der Waals surface area contributed by atoms with Crippen molar-refractivity contribution in [3.05, 3.63) is 40.2 Å². The Kier molecular flexibility index (Phi) is 3.85. The fourth-order valence-corrected chi connectivity index (χ4v) is 1.70. The number of benzene rings is 1. The van der Waals surface area contributed by atoms with Gasteiger partial charge in [-0.3, -0.25) is 4.68 Å². The Balaban J connectivity index is 2.11. The zero-order valence-corrected chi connectivity index (χ0v) is 11.7. The van der Waals surface area contributed by atoms with E-state index in [4.69, 9.17) is 9.84 Å². The van der Waals surface area contributed by atoms with Crippen molar-refractivity contribution < 1.29 is 14.6 Å². The number of hydrogen-bond donors (Lipinski definition) is 1. The highest BCUT2D eigenvalue weighted by Crippen LogP contribution is 2.22. The molecule has 94 valence electrons. The number of halogens is 1. The molecule has 0 aliphatic heterocycles. The molecule has 1 N–H and O–H groups in total. The van der Waals surface area contributed by atoms with Gasteiger partial charge in [-0.05, 0) is 53.8 Å². The molecule has 0 radical (unpaired) electrons. The van der Waals surface area contributed by atoms with Gasteiger partial charge in [0.25, 0.3) is 0 Å². The maximum Gasteiger partial charge on any atom is 0.328 e. The highest BCUT2D eigenvalue weighted by atomic mass is 127. The zero-order chi connectivity index (χ0) is 13.1. The van der Waals surface area contributed by atoms with Crippen LogP contribution in [0.15, 0.2) is 36.7 Å². The van der Waals surface area contributed by atoms with Gasteiger partial charge in [-0.2, -0.15) is 5.10 Å². The molecule has 0 spiro atoms. The molecule has 6 heteroatoms. The lowest BCUT2D eigenvalue weighted by Crippen LogP contribution is -2.15. The van der Waals surface area contributed by atoms with Crippen LogP contribution in [0.4, 0.5) is 0 Å². The number of hydrogen-bond acceptors (Lipinski definition) is 3. The summed E-state index contributed by atoms with van der Waals surface area (Å²) in [5.41, 5.74) is 0. The Hall–Kier alpha value is -1.57. The number of carboxylic acids is 1. The van der Waals surface area contributed by atoms with E-state index in [1.54, 1.807) is 13.1 Å². The van der Waals surface area contributed by atoms with Crippen molar-refractivity contribution in [1.29, 1.82) is 0 Å². The standard InChI is InChI=1S/C12H11IN2O3/c1-8(12(16)17)15-7-11(6-14-15)18-10-4-2-9(13)3-5-10/h2-8H,1H3,(H,16,17). The Labute approximate surface area is 118 Å². The average molecular weight is 358 g/mol. The Morgan fingerprint density at radius 2 is 2.06 bits per heavy atom.